The summed E-state index contributed by atoms with van der Waals surface area (Å²) in [5.74, 6) is 6.28. The molecule has 1 atom stereocenters. The van der Waals surface area contributed by atoms with Crippen molar-refractivity contribution in [1.29, 1.82) is 0 Å². The van der Waals surface area contributed by atoms with E-state index in [2.05, 4.69) is 26.8 Å². The maximum Gasteiger partial charge on any atom is 0.222 e. The van der Waals surface area contributed by atoms with Crippen LogP contribution in [0.15, 0.2) is 36.0 Å². The number of benzene rings is 1. The van der Waals surface area contributed by atoms with Crippen LogP contribution >= 0.6 is 22.9 Å². The topological polar surface area (TPSA) is 129 Å². The molecule has 0 saturated carbocycles. The average Bonchev–Trinajstić information content (AvgIpc) is 3.41. The first-order valence-corrected chi connectivity index (χ1v) is 10.6. The first-order valence-electron chi connectivity index (χ1n) is 9.37. The molecule has 2 aromatic heterocycles. The van der Waals surface area contributed by atoms with E-state index in [1.807, 2.05) is 12.1 Å². The third kappa shape index (κ3) is 3.84. The summed E-state index contributed by atoms with van der Waals surface area (Å²) in [6, 6.07) is 5.40. The first-order chi connectivity index (χ1) is 14.8. The summed E-state index contributed by atoms with van der Waals surface area (Å²) in [5.41, 5.74) is 5.51. The second-order valence-corrected chi connectivity index (χ2v) is 8.78. The Hall–Kier alpha value is -2.74. The Morgan fingerprint density at radius 3 is 2.77 bits per heavy atom. The van der Waals surface area contributed by atoms with Gasteiger partial charge in [0.25, 0.3) is 0 Å². The van der Waals surface area contributed by atoms with Gasteiger partial charge in [0, 0.05) is 29.4 Å². The summed E-state index contributed by atoms with van der Waals surface area (Å²) in [5, 5.41) is 33.4. The van der Waals surface area contributed by atoms with Crippen LogP contribution in [0.2, 0.25) is 5.02 Å². The predicted molar refractivity (Wildman–Crippen MR) is 119 cm³/mol. The molecule has 10 heteroatoms. The molecule has 1 unspecified atom stereocenters. The fourth-order valence-corrected chi connectivity index (χ4v) is 4.38. The Balaban J connectivity index is 1.80. The molecule has 0 amide bonds. The number of aliphatic hydroxyl groups excluding tert-OH is 2. The van der Waals surface area contributed by atoms with Crippen LogP contribution in [0.3, 0.4) is 0 Å². The van der Waals surface area contributed by atoms with E-state index in [9.17, 15) is 15.3 Å². The molecule has 1 aromatic carbocycles. The number of hydrogen-bond donors (Lipinski definition) is 4. The number of rotatable bonds is 4. The number of nitrogens with two attached hydrogens (primary N) is 1. The van der Waals surface area contributed by atoms with E-state index in [0.717, 1.165) is 5.56 Å². The number of aromatic nitrogens is 3. The SMILES string of the molecule is CC(O)(C#Cc1ccc2c(c1)N(c1nc(N)ncc1Cl)CC2(CO)CO)c1nccs1. The molecule has 0 fully saturated rings. The van der Waals surface area contributed by atoms with Gasteiger partial charge < -0.3 is 26.0 Å². The summed E-state index contributed by atoms with van der Waals surface area (Å²) in [7, 11) is 0. The highest BCUT2D eigenvalue weighted by Crippen LogP contribution is 2.45. The summed E-state index contributed by atoms with van der Waals surface area (Å²) < 4.78 is 0. The van der Waals surface area contributed by atoms with E-state index in [-0.39, 0.29) is 30.7 Å². The number of thiazole rings is 1. The van der Waals surface area contributed by atoms with Gasteiger partial charge in [-0.3, -0.25) is 0 Å². The Bertz CT molecular complexity index is 1170. The van der Waals surface area contributed by atoms with Crippen molar-refractivity contribution in [2.24, 2.45) is 0 Å². The number of nitrogens with zero attached hydrogens (tertiary/aromatic N) is 4. The van der Waals surface area contributed by atoms with Gasteiger partial charge in [0.1, 0.15) is 10.0 Å². The molecular weight excluding hydrogens is 438 g/mol. The lowest BCUT2D eigenvalue weighted by molar-refractivity contribution is 0.122. The van der Waals surface area contributed by atoms with Crippen LogP contribution in [0.25, 0.3) is 0 Å². The van der Waals surface area contributed by atoms with Crippen LogP contribution in [0.5, 0.6) is 0 Å². The molecule has 8 nitrogen and oxygen atoms in total. The van der Waals surface area contributed by atoms with Crippen LogP contribution < -0.4 is 10.6 Å². The molecule has 0 radical (unpaired) electrons. The van der Waals surface area contributed by atoms with Crippen molar-refractivity contribution in [3.8, 4) is 11.8 Å². The molecule has 3 aromatic rings. The Labute approximate surface area is 188 Å². The first kappa shape index (κ1) is 21.5. The smallest absolute Gasteiger partial charge is 0.222 e. The lowest BCUT2D eigenvalue weighted by atomic mass is 9.84. The van der Waals surface area contributed by atoms with Crippen molar-refractivity contribution < 1.29 is 15.3 Å². The standard InChI is InChI=1S/C21H20ClN5O3S/c1-20(30,18-24-6-7-31-18)5-4-13-2-3-14-16(8-13)27(10-21(14,11-28)12-29)17-15(22)9-25-19(23)26-17/h2-3,6-9,28-30H,10-12H2,1H3,(H2,23,25,26). The minimum Gasteiger partial charge on any atom is -0.395 e. The molecule has 31 heavy (non-hydrogen) atoms. The van der Waals surface area contributed by atoms with Crippen molar-refractivity contribution >= 4 is 40.4 Å². The number of anilines is 3. The van der Waals surface area contributed by atoms with Crippen LogP contribution in [0, 0.1) is 11.8 Å². The highest BCUT2D eigenvalue weighted by atomic mass is 35.5. The van der Waals surface area contributed by atoms with Crippen LogP contribution in [-0.4, -0.2) is 50.0 Å². The van der Waals surface area contributed by atoms with E-state index in [4.69, 9.17) is 17.3 Å². The van der Waals surface area contributed by atoms with Crippen molar-refractivity contribution in [2.75, 3.05) is 30.4 Å². The lowest BCUT2D eigenvalue weighted by Crippen LogP contribution is -2.39. The monoisotopic (exact) mass is 457 g/mol. The van der Waals surface area contributed by atoms with Gasteiger partial charge in [-0.1, -0.05) is 29.5 Å². The maximum absolute atomic E-state index is 10.6. The van der Waals surface area contributed by atoms with Gasteiger partial charge in [-0.05, 0) is 24.6 Å². The molecule has 0 bridgehead atoms. The van der Waals surface area contributed by atoms with Gasteiger partial charge in [-0.25, -0.2) is 9.97 Å². The molecule has 0 aliphatic carbocycles. The molecule has 160 valence electrons. The minimum absolute atomic E-state index is 0.0573. The quantitative estimate of drug-likeness (QED) is 0.436. The van der Waals surface area contributed by atoms with Gasteiger partial charge >= 0.3 is 0 Å². The Morgan fingerprint density at radius 1 is 1.32 bits per heavy atom. The molecule has 0 spiro atoms. The molecule has 3 heterocycles. The van der Waals surface area contributed by atoms with Gasteiger partial charge in [0.05, 0.1) is 24.8 Å². The number of aliphatic hydroxyl groups is 3. The van der Waals surface area contributed by atoms with E-state index >= 15 is 0 Å². The number of hydrogen-bond acceptors (Lipinski definition) is 9. The summed E-state index contributed by atoms with van der Waals surface area (Å²) >= 11 is 7.65. The average molecular weight is 458 g/mol. The zero-order valence-corrected chi connectivity index (χ0v) is 18.2. The van der Waals surface area contributed by atoms with Gasteiger partial charge in [0.2, 0.25) is 5.95 Å². The molecule has 1 aliphatic heterocycles. The van der Waals surface area contributed by atoms with E-state index in [1.54, 1.807) is 29.5 Å². The minimum atomic E-state index is -1.39. The summed E-state index contributed by atoms with van der Waals surface area (Å²) in [6.45, 7) is 1.30. The van der Waals surface area contributed by atoms with Gasteiger partial charge in [0.15, 0.2) is 11.4 Å². The third-order valence-electron chi connectivity index (χ3n) is 5.22. The Morgan fingerprint density at radius 2 is 2.10 bits per heavy atom. The largest absolute Gasteiger partial charge is 0.395 e. The van der Waals surface area contributed by atoms with Crippen molar-refractivity contribution in [1.82, 2.24) is 15.0 Å². The van der Waals surface area contributed by atoms with Crippen molar-refractivity contribution in [3.05, 3.63) is 57.1 Å². The van der Waals surface area contributed by atoms with E-state index < -0.39 is 11.0 Å². The predicted octanol–water partition coefficient (Wildman–Crippen LogP) is 1.80. The van der Waals surface area contributed by atoms with Crippen LogP contribution in [0.4, 0.5) is 17.5 Å². The van der Waals surface area contributed by atoms with E-state index in [1.165, 1.54) is 17.5 Å². The third-order valence-corrected chi connectivity index (χ3v) is 6.48. The van der Waals surface area contributed by atoms with Crippen molar-refractivity contribution in [3.63, 3.8) is 0 Å². The fourth-order valence-electron chi connectivity index (χ4n) is 3.54. The summed E-state index contributed by atoms with van der Waals surface area (Å²) in [4.78, 5) is 14.1. The molecule has 1 aliphatic rings. The zero-order valence-electron chi connectivity index (χ0n) is 16.6. The number of fused-ring (bicyclic) bond motifs is 1. The van der Waals surface area contributed by atoms with Gasteiger partial charge in [-0.15, -0.1) is 11.3 Å². The zero-order chi connectivity index (χ0) is 22.2. The second-order valence-electron chi connectivity index (χ2n) is 7.47. The number of nitrogen functional groups attached to an aromatic ring is 1. The van der Waals surface area contributed by atoms with Gasteiger partial charge in [-0.2, -0.15) is 4.98 Å². The lowest BCUT2D eigenvalue weighted by Gasteiger charge is -2.26. The Kier molecular flexibility index (Phi) is 5.60. The highest BCUT2D eigenvalue weighted by molar-refractivity contribution is 7.09. The maximum atomic E-state index is 10.6. The van der Waals surface area contributed by atoms with E-state index in [0.29, 0.717) is 22.1 Å². The molecule has 0 saturated heterocycles. The summed E-state index contributed by atoms with van der Waals surface area (Å²) in [6.07, 6.45) is 3.02. The molecule has 4 rings (SSSR count). The fraction of sp³-hybridized carbons (Fsp3) is 0.286. The van der Waals surface area contributed by atoms with Crippen LogP contribution in [0.1, 0.15) is 23.1 Å². The highest BCUT2D eigenvalue weighted by Gasteiger charge is 2.43. The normalized spacial score (nSPS) is 16.4. The second kappa shape index (κ2) is 8.07. The number of halogens is 1. The van der Waals surface area contributed by atoms with Crippen molar-refractivity contribution in [2.45, 2.75) is 17.9 Å². The molecular formula is C21H20ClN5O3S. The van der Waals surface area contributed by atoms with Crippen LogP contribution in [-0.2, 0) is 11.0 Å². The molecule has 5 N–H and O–H groups in total.